The number of methoxy groups -OCH3 is 2. The summed E-state index contributed by atoms with van der Waals surface area (Å²) in [6.07, 6.45) is 0.304. The molecule has 4 nitrogen and oxygen atoms in total. The Balaban J connectivity index is 1.92. The Bertz CT molecular complexity index is 389. The average Bonchev–Trinajstić information content (AvgIpc) is 2.48. The van der Waals surface area contributed by atoms with Crippen LogP contribution < -0.4 is 9.64 Å². The van der Waals surface area contributed by atoms with Gasteiger partial charge in [0, 0.05) is 39.8 Å². The maximum Gasteiger partial charge on any atom is 0.142 e. The summed E-state index contributed by atoms with van der Waals surface area (Å²) in [7, 11) is 3.51. The van der Waals surface area contributed by atoms with E-state index >= 15 is 0 Å². The molecular weight excluding hydrogens is 240 g/mol. The molecule has 0 spiro atoms. The van der Waals surface area contributed by atoms with E-state index in [2.05, 4.69) is 28.9 Å². The van der Waals surface area contributed by atoms with E-state index < -0.39 is 0 Å². The summed E-state index contributed by atoms with van der Waals surface area (Å²) >= 11 is 0. The monoisotopic (exact) mass is 264 g/mol. The molecule has 0 bridgehead atoms. The van der Waals surface area contributed by atoms with Crippen LogP contribution in [0.3, 0.4) is 0 Å². The number of ether oxygens (including phenoxy) is 2. The first-order chi connectivity index (χ1) is 9.24. The van der Waals surface area contributed by atoms with E-state index in [0.717, 1.165) is 38.5 Å². The predicted octanol–water partition coefficient (Wildman–Crippen LogP) is 1.85. The van der Waals surface area contributed by atoms with Gasteiger partial charge in [0.05, 0.1) is 18.9 Å². The van der Waals surface area contributed by atoms with Crippen LogP contribution in [-0.4, -0.2) is 57.9 Å². The van der Waals surface area contributed by atoms with Gasteiger partial charge in [0.1, 0.15) is 5.75 Å². The molecule has 1 aromatic carbocycles. The number of anilines is 1. The van der Waals surface area contributed by atoms with Crippen molar-refractivity contribution in [1.82, 2.24) is 4.90 Å². The molecule has 0 aromatic heterocycles. The van der Waals surface area contributed by atoms with Crippen LogP contribution in [0.4, 0.5) is 5.69 Å². The third kappa shape index (κ3) is 3.61. The molecule has 19 heavy (non-hydrogen) atoms. The Morgan fingerprint density at radius 3 is 2.42 bits per heavy atom. The van der Waals surface area contributed by atoms with Crippen molar-refractivity contribution in [3.63, 3.8) is 0 Å². The zero-order valence-electron chi connectivity index (χ0n) is 12.1. The molecule has 1 atom stereocenters. The second-order valence-electron chi connectivity index (χ2n) is 5.01. The maximum absolute atomic E-state index is 5.43. The molecule has 2 rings (SSSR count). The van der Waals surface area contributed by atoms with Gasteiger partial charge in [-0.15, -0.1) is 0 Å². The van der Waals surface area contributed by atoms with E-state index in [0.29, 0.717) is 6.10 Å². The van der Waals surface area contributed by atoms with E-state index in [4.69, 9.17) is 9.47 Å². The van der Waals surface area contributed by atoms with Crippen molar-refractivity contribution >= 4 is 5.69 Å². The van der Waals surface area contributed by atoms with Gasteiger partial charge in [0.2, 0.25) is 0 Å². The molecule has 4 heteroatoms. The average molecular weight is 264 g/mol. The highest BCUT2D eigenvalue weighted by Gasteiger charge is 2.20. The lowest BCUT2D eigenvalue weighted by Gasteiger charge is -2.37. The number of para-hydroxylation sites is 2. The van der Waals surface area contributed by atoms with Crippen molar-refractivity contribution < 1.29 is 9.47 Å². The van der Waals surface area contributed by atoms with E-state index in [1.807, 2.05) is 12.1 Å². The molecule has 106 valence electrons. The fourth-order valence-corrected chi connectivity index (χ4v) is 2.50. The molecule has 0 N–H and O–H groups in total. The number of piperazine rings is 1. The third-order valence-electron chi connectivity index (χ3n) is 3.72. The van der Waals surface area contributed by atoms with Crippen molar-refractivity contribution in [3.8, 4) is 5.75 Å². The van der Waals surface area contributed by atoms with Crippen LogP contribution in [0.5, 0.6) is 5.75 Å². The fraction of sp³-hybridized carbons (Fsp3) is 0.600. The van der Waals surface area contributed by atoms with Crippen molar-refractivity contribution in [2.45, 2.75) is 13.0 Å². The van der Waals surface area contributed by atoms with E-state index in [9.17, 15) is 0 Å². The first-order valence-electron chi connectivity index (χ1n) is 6.87. The van der Waals surface area contributed by atoms with Crippen molar-refractivity contribution in [2.75, 3.05) is 51.8 Å². The number of rotatable bonds is 5. The summed E-state index contributed by atoms with van der Waals surface area (Å²) in [5, 5.41) is 0. The third-order valence-corrected chi connectivity index (χ3v) is 3.72. The van der Waals surface area contributed by atoms with Crippen molar-refractivity contribution in [1.29, 1.82) is 0 Å². The van der Waals surface area contributed by atoms with Crippen LogP contribution in [0.1, 0.15) is 6.92 Å². The topological polar surface area (TPSA) is 24.9 Å². The zero-order chi connectivity index (χ0) is 13.7. The lowest BCUT2D eigenvalue weighted by molar-refractivity contribution is 0.0749. The second-order valence-corrected chi connectivity index (χ2v) is 5.01. The Hall–Kier alpha value is -1.26. The molecule has 1 aliphatic heterocycles. The van der Waals surface area contributed by atoms with Gasteiger partial charge < -0.3 is 14.4 Å². The maximum atomic E-state index is 5.43. The van der Waals surface area contributed by atoms with E-state index in [-0.39, 0.29) is 0 Å². The lowest BCUT2D eigenvalue weighted by atomic mass is 10.2. The first-order valence-corrected chi connectivity index (χ1v) is 6.87. The molecular formula is C15H24N2O2. The summed E-state index contributed by atoms with van der Waals surface area (Å²) in [6.45, 7) is 7.36. The van der Waals surface area contributed by atoms with Gasteiger partial charge in [0.15, 0.2) is 0 Å². The molecule has 0 saturated carbocycles. The summed E-state index contributed by atoms with van der Waals surface area (Å²) in [5.74, 6) is 0.959. The zero-order valence-corrected chi connectivity index (χ0v) is 12.1. The Morgan fingerprint density at radius 2 is 1.79 bits per heavy atom. The predicted molar refractivity (Wildman–Crippen MR) is 78.1 cm³/mol. The summed E-state index contributed by atoms with van der Waals surface area (Å²) < 4.78 is 10.8. The van der Waals surface area contributed by atoms with Crippen LogP contribution in [0.25, 0.3) is 0 Å². The molecule has 1 heterocycles. The van der Waals surface area contributed by atoms with Crippen LogP contribution >= 0.6 is 0 Å². The summed E-state index contributed by atoms with van der Waals surface area (Å²) in [6, 6.07) is 8.23. The number of benzene rings is 1. The fourth-order valence-electron chi connectivity index (χ4n) is 2.50. The second kappa shape index (κ2) is 6.78. The molecule has 1 fully saturated rings. The molecule has 1 aliphatic rings. The largest absolute Gasteiger partial charge is 0.495 e. The van der Waals surface area contributed by atoms with Crippen LogP contribution in [0, 0.1) is 0 Å². The van der Waals surface area contributed by atoms with E-state index in [1.165, 1.54) is 5.69 Å². The molecule has 0 radical (unpaired) electrons. The van der Waals surface area contributed by atoms with Gasteiger partial charge in [0.25, 0.3) is 0 Å². The number of nitrogens with zero attached hydrogens (tertiary/aromatic N) is 2. The van der Waals surface area contributed by atoms with Gasteiger partial charge in [-0.1, -0.05) is 12.1 Å². The number of hydrogen-bond donors (Lipinski definition) is 0. The van der Waals surface area contributed by atoms with Crippen LogP contribution in [0.15, 0.2) is 24.3 Å². The number of hydrogen-bond acceptors (Lipinski definition) is 4. The highest BCUT2D eigenvalue weighted by Crippen LogP contribution is 2.28. The minimum atomic E-state index is 0.304. The standard InChI is InChI=1S/C15H24N2O2/c1-13(18-2)12-16-8-10-17(11-9-16)14-6-4-5-7-15(14)19-3/h4-7,13H,8-12H2,1-3H3. The minimum Gasteiger partial charge on any atom is -0.495 e. The summed E-state index contributed by atoms with van der Waals surface area (Å²) in [4.78, 5) is 4.85. The SMILES string of the molecule is COc1ccccc1N1CCN(CC(C)OC)CC1. The normalized spacial score (nSPS) is 18.4. The van der Waals surface area contributed by atoms with Gasteiger partial charge >= 0.3 is 0 Å². The smallest absolute Gasteiger partial charge is 0.142 e. The Morgan fingerprint density at radius 1 is 1.11 bits per heavy atom. The summed E-state index contributed by atoms with van der Waals surface area (Å²) in [5.41, 5.74) is 1.20. The quantitative estimate of drug-likeness (QED) is 0.810. The van der Waals surface area contributed by atoms with Gasteiger partial charge in [-0.2, -0.15) is 0 Å². The molecule has 0 amide bonds. The van der Waals surface area contributed by atoms with Gasteiger partial charge in [-0.25, -0.2) is 0 Å². The van der Waals surface area contributed by atoms with Crippen LogP contribution in [0.2, 0.25) is 0 Å². The molecule has 1 unspecified atom stereocenters. The first kappa shape index (κ1) is 14.2. The van der Waals surface area contributed by atoms with Gasteiger partial charge in [-0.3, -0.25) is 4.90 Å². The highest BCUT2D eigenvalue weighted by molar-refractivity contribution is 5.58. The molecule has 0 aliphatic carbocycles. The van der Waals surface area contributed by atoms with Crippen molar-refractivity contribution in [3.05, 3.63) is 24.3 Å². The molecule has 1 saturated heterocycles. The van der Waals surface area contributed by atoms with Gasteiger partial charge in [-0.05, 0) is 19.1 Å². The minimum absolute atomic E-state index is 0.304. The Labute approximate surface area is 115 Å². The Kier molecular flexibility index (Phi) is 5.05. The molecule has 1 aromatic rings. The lowest BCUT2D eigenvalue weighted by Crippen LogP contribution is -2.48. The van der Waals surface area contributed by atoms with E-state index in [1.54, 1.807) is 14.2 Å². The van der Waals surface area contributed by atoms with Crippen molar-refractivity contribution in [2.24, 2.45) is 0 Å². The van der Waals surface area contributed by atoms with Crippen LogP contribution in [-0.2, 0) is 4.74 Å². The highest BCUT2D eigenvalue weighted by atomic mass is 16.5.